The number of carbonyl (C=O) groups excluding carboxylic acids is 2. The number of ether oxygens (including phenoxy) is 2. The van der Waals surface area contributed by atoms with E-state index in [0.717, 1.165) is 32.1 Å². The molecule has 0 amide bonds. The standard InChI is InChI=1S/C30H44O6/c1-16(31)35-25-13-18(32)12-17-6-7-19-21-8-9-22(27(21,2)11-10-23(19)30(17,25)5)20-14-28(3)26(33)36-24(20)15-29(28,4)34/h6,18-25,32,34H,7-15H2,1-5H3/t18-,19+,20-,21+,22-,23+,24+,25+,27+,28+,29-,30+/m1/s1. The van der Waals surface area contributed by atoms with Gasteiger partial charge in [0.05, 0.1) is 17.1 Å². The molecule has 6 nitrogen and oxygen atoms in total. The molecule has 2 bridgehead atoms. The van der Waals surface area contributed by atoms with Crippen molar-refractivity contribution in [1.29, 1.82) is 0 Å². The lowest BCUT2D eigenvalue weighted by Crippen LogP contribution is -2.65. The van der Waals surface area contributed by atoms with Gasteiger partial charge < -0.3 is 19.7 Å². The molecule has 2 saturated heterocycles. The summed E-state index contributed by atoms with van der Waals surface area (Å²) in [6.45, 7) is 9.99. The number of allylic oxidation sites excluding steroid dienone is 1. The highest BCUT2D eigenvalue weighted by Gasteiger charge is 2.68. The number of carbonyl (C=O) groups is 2. The summed E-state index contributed by atoms with van der Waals surface area (Å²) in [6, 6.07) is 0. The van der Waals surface area contributed by atoms with Crippen LogP contribution < -0.4 is 0 Å². The fraction of sp³-hybridized carbons (Fsp3) is 0.867. The van der Waals surface area contributed by atoms with Gasteiger partial charge in [-0.3, -0.25) is 9.59 Å². The van der Waals surface area contributed by atoms with Crippen LogP contribution in [0.1, 0.15) is 92.4 Å². The summed E-state index contributed by atoms with van der Waals surface area (Å²) in [6.07, 6.45) is 9.56. The Morgan fingerprint density at radius 2 is 1.75 bits per heavy atom. The van der Waals surface area contributed by atoms with Crippen LogP contribution >= 0.6 is 0 Å². The third-order valence-corrected chi connectivity index (χ3v) is 12.7. The topological polar surface area (TPSA) is 93.1 Å². The monoisotopic (exact) mass is 500 g/mol. The molecule has 7 rings (SSSR count). The molecule has 5 aliphatic carbocycles. The molecule has 6 fully saturated rings. The molecule has 4 saturated carbocycles. The van der Waals surface area contributed by atoms with Crippen LogP contribution in [0.25, 0.3) is 0 Å². The second kappa shape index (κ2) is 7.81. The lowest BCUT2D eigenvalue weighted by Gasteiger charge is -2.61. The smallest absolute Gasteiger partial charge is 0.315 e. The van der Waals surface area contributed by atoms with Crippen molar-refractivity contribution in [2.24, 2.45) is 45.8 Å². The van der Waals surface area contributed by atoms with Crippen LogP contribution in [0.4, 0.5) is 0 Å². The van der Waals surface area contributed by atoms with Crippen molar-refractivity contribution in [3.05, 3.63) is 11.6 Å². The molecule has 2 N–H and O–H groups in total. The van der Waals surface area contributed by atoms with E-state index >= 15 is 0 Å². The zero-order chi connectivity index (χ0) is 25.8. The third-order valence-electron chi connectivity index (χ3n) is 12.7. The molecular weight excluding hydrogens is 456 g/mol. The maximum absolute atomic E-state index is 12.8. The van der Waals surface area contributed by atoms with Gasteiger partial charge in [-0.1, -0.05) is 25.5 Å². The second-order valence-corrected chi connectivity index (χ2v) is 14.2. The van der Waals surface area contributed by atoms with Crippen molar-refractivity contribution in [2.45, 2.75) is 116 Å². The zero-order valence-corrected chi connectivity index (χ0v) is 22.6. The third kappa shape index (κ3) is 3.15. The molecular formula is C30H44O6. The quantitative estimate of drug-likeness (QED) is 0.427. The molecule has 12 atom stereocenters. The number of hydrogen-bond acceptors (Lipinski definition) is 6. The van der Waals surface area contributed by atoms with Crippen molar-refractivity contribution in [3.8, 4) is 0 Å². The average Bonchev–Trinajstić information content (AvgIpc) is 3.12. The van der Waals surface area contributed by atoms with E-state index in [9.17, 15) is 19.8 Å². The molecule has 0 unspecified atom stereocenters. The molecule has 6 heteroatoms. The van der Waals surface area contributed by atoms with Crippen molar-refractivity contribution in [3.63, 3.8) is 0 Å². The normalized spacial score (nSPS) is 55.6. The van der Waals surface area contributed by atoms with Gasteiger partial charge in [0.2, 0.25) is 0 Å². The lowest BCUT2D eigenvalue weighted by atomic mass is 9.45. The fourth-order valence-corrected chi connectivity index (χ4v) is 10.5. The lowest BCUT2D eigenvalue weighted by molar-refractivity contribution is -0.242. The van der Waals surface area contributed by atoms with E-state index in [1.54, 1.807) is 0 Å². The highest BCUT2D eigenvalue weighted by atomic mass is 16.6. The van der Waals surface area contributed by atoms with E-state index in [0.29, 0.717) is 48.9 Å². The van der Waals surface area contributed by atoms with Crippen LogP contribution in [0, 0.1) is 45.8 Å². The zero-order valence-electron chi connectivity index (χ0n) is 22.6. The molecule has 0 aromatic heterocycles. The number of hydrogen-bond donors (Lipinski definition) is 2. The molecule has 0 radical (unpaired) electrons. The molecule has 0 spiro atoms. The van der Waals surface area contributed by atoms with Gasteiger partial charge in [0.1, 0.15) is 12.2 Å². The van der Waals surface area contributed by atoms with E-state index < -0.39 is 17.1 Å². The number of aliphatic hydroxyl groups is 2. The van der Waals surface area contributed by atoms with Gasteiger partial charge in [0, 0.05) is 31.1 Å². The summed E-state index contributed by atoms with van der Waals surface area (Å²) in [5, 5.41) is 21.6. The Kier molecular flexibility index (Phi) is 5.41. The highest BCUT2D eigenvalue weighted by Crippen LogP contribution is 2.69. The Morgan fingerprint density at radius 3 is 2.42 bits per heavy atom. The molecule has 2 aliphatic heterocycles. The summed E-state index contributed by atoms with van der Waals surface area (Å²) in [4.78, 5) is 24.8. The minimum Gasteiger partial charge on any atom is -0.462 e. The van der Waals surface area contributed by atoms with Crippen molar-refractivity contribution in [2.75, 3.05) is 0 Å². The van der Waals surface area contributed by atoms with Crippen molar-refractivity contribution in [1.82, 2.24) is 0 Å². The average molecular weight is 501 g/mol. The Hall–Kier alpha value is -1.40. The summed E-state index contributed by atoms with van der Waals surface area (Å²) in [7, 11) is 0. The van der Waals surface area contributed by atoms with Crippen LogP contribution in [0.5, 0.6) is 0 Å². The Balaban J connectivity index is 1.29. The van der Waals surface area contributed by atoms with Gasteiger partial charge in [-0.15, -0.1) is 0 Å². The first kappa shape index (κ1) is 24.9. The maximum atomic E-state index is 12.8. The largest absolute Gasteiger partial charge is 0.462 e. The minimum absolute atomic E-state index is 0.184. The van der Waals surface area contributed by atoms with E-state index in [-0.39, 0.29) is 35.0 Å². The van der Waals surface area contributed by atoms with Gasteiger partial charge in [0.15, 0.2) is 0 Å². The van der Waals surface area contributed by atoms with Gasteiger partial charge in [0.25, 0.3) is 0 Å². The molecule has 200 valence electrons. The van der Waals surface area contributed by atoms with E-state index in [2.05, 4.69) is 19.9 Å². The van der Waals surface area contributed by atoms with E-state index in [4.69, 9.17) is 9.47 Å². The first-order valence-corrected chi connectivity index (χ1v) is 14.3. The summed E-state index contributed by atoms with van der Waals surface area (Å²) in [5.74, 6) is 1.89. The van der Waals surface area contributed by atoms with Gasteiger partial charge >= 0.3 is 11.9 Å². The number of aliphatic hydroxyl groups excluding tert-OH is 1. The predicted octanol–water partition coefficient (Wildman–Crippen LogP) is 4.56. The molecule has 2 heterocycles. The van der Waals surface area contributed by atoms with Gasteiger partial charge in [-0.25, -0.2) is 0 Å². The second-order valence-electron chi connectivity index (χ2n) is 14.2. The van der Waals surface area contributed by atoms with E-state index in [1.165, 1.54) is 18.9 Å². The van der Waals surface area contributed by atoms with Crippen LogP contribution in [-0.4, -0.2) is 46.1 Å². The number of rotatable bonds is 2. The Bertz CT molecular complexity index is 1000. The molecule has 0 aromatic rings. The number of esters is 2. The van der Waals surface area contributed by atoms with Crippen LogP contribution in [0.3, 0.4) is 0 Å². The van der Waals surface area contributed by atoms with Crippen LogP contribution in [0.15, 0.2) is 11.6 Å². The number of fused-ring (bicyclic) bond motifs is 8. The Morgan fingerprint density at radius 1 is 1.06 bits per heavy atom. The molecule has 7 aliphatic rings. The van der Waals surface area contributed by atoms with Gasteiger partial charge in [-0.05, 0) is 87.9 Å². The summed E-state index contributed by atoms with van der Waals surface area (Å²) >= 11 is 0. The van der Waals surface area contributed by atoms with Crippen LogP contribution in [-0.2, 0) is 19.1 Å². The van der Waals surface area contributed by atoms with Crippen LogP contribution in [0.2, 0.25) is 0 Å². The highest BCUT2D eigenvalue weighted by molar-refractivity contribution is 5.80. The van der Waals surface area contributed by atoms with Crippen molar-refractivity contribution >= 4 is 11.9 Å². The fourth-order valence-electron chi connectivity index (χ4n) is 10.5. The first-order chi connectivity index (χ1) is 16.8. The summed E-state index contributed by atoms with van der Waals surface area (Å²) in [5.41, 5.74) is -0.563. The predicted molar refractivity (Wildman–Crippen MR) is 133 cm³/mol. The van der Waals surface area contributed by atoms with E-state index in [1.807, 2.05) is 13.8 Å². The van der Waals surface area contributed by atoms with Crippen molar-refractivity contribution < 1.29 is 29.3 Å². The Labute approximate surface area is 215 Å². The molecule has 36 heavy (non-hydrogen) atoms. The summed E-state index contributed by atoms with van der Waals surface area (Å²) < 4.78 is 11.8. The maximum Gasteiger partial charge on any atom is 0.315 e. The minimum atomic E-state index is -1.00. The molecule has 0 aromatic carbocycles. The first-order valence-electron chi connectivity index (χ1n) is 14.3. The SMILES string of the molecule is CC(=O)O[C@H]1C[C@H](O)CC2=CC[C@H]3[C@@H]4CC[C@H]([C@H]5C[C@@]6(C)C(=O)O[C@H]5C[C@@]6(C)O)[C@@]4(C)CC[C@@H]3[C@]21C. The van der Waals surface area contributed by atoms with Gasteiger partial charge in [-0.2, -0.15) is 0 Å².